The number of nitrogens with two attached hydrogens (primary N) is 1. The number of unbranched alkanes of at least 4 members (excludes halogenated alkanes) is 1. The van der Waals surface area contributed by atoms with Crippen molar-refractivity contribution in [2.75, 3.05) is 13.1 Å². The van der Waals surface area contributed by atoms with E-state index in [0.29, 0.717) is 6.54 Å². The molecule has 0 bridgehead atoms. The van der Waals surface area contributed by atoms with Gasteiger partial charge in [-0.1, -0.05) is 6.08 Å². The average Bonchev–Trinajstić information content (AvgIpc) is 2.10. The highest BCUT2D eigenvalue weighted by Gasteiger charge is 1.99. The van der Waals surface area contributed by atoms with Gasteiger partial charge in [-0.05, 0) is 33.2 Å². The average molecular weight is 170 g/mol. The molecule has 0 fully saturated rings. The van der Waals surface area contributed by atoms with Crippen molar-refractivity contribution >= 4 is 5.91 Å². The Morgan fingerprint density at radius 1 is 1.50 bits per heavy atom. The molecule has 0 rings (SSSR count). The van der Waals surface area contributed by atoms with E-state index in [1.54, 1.807) is 13.0 Å². The van der Waals surface area contributed by atoms with Crippen LogP contribution in [-0.2, 0) is 4.79 Å². The molecule has 0 saturated heterocycles. The fourth-order valence-corrected chi connectivity index (χ4v) is 0.742. The van der Waals surface area contributed by atoms with Crippen LogP contribution in [0.15, 0.2) is 11.6 Å². The highest BCUT2D eigenvalue weighted by Crippen LogP contribution is 1.91. The maximum Gasteiger partial charge on any atom is 0.246 e. The Labute approximate surface area is 74.0 Å². The van der Waals surface area contributed by atoms with Crippen LogP contribution < -0.4 is 11.1 Å². The molecular formula is C9H18N2O. The first kappa shape index (κ1) is 11.2. The number of hydrogen-bond acceptors (Lipinski definition) is 2. The second-order valence-corrected chi connectivity index (χ2v) is 2.72. The molecule has 0 aliphatic heterocycles. The summed E-state index contributed by atoms with van der Waals surface area (Å²) in [5.41, 5.74) is 6.07. The van der Waals surface area contributed by atoms with Gasteiger partial charge in [0.05, 0.1) is 0 Å². The Bertz CT molecular complexity index is 164. The van der Waals surface area contributed by atoms with Crippen LogP contribution in [0, 0.1) is 0 Å². The van der Waals surface area contributed by atoms with E-state index in [2.05, 4.69) is 5.32 Å². The standard InChI is InChI=1S/C9H18N2O/c1-3-8(2)9(12)11-7-5-4-6-10/h3H,4-7,10H2,1-2H3,(H,11,12)/b8-3+. The first-order valence-corrected chi connectivity index (χ1v) is 4.33. The van der Waals surface area contributed by atoms with Crippen LogP contribution >= 0.6 is 0 Å². The number of amides is 1. The minimum Gasteiger partial charge on any atom is -0.352 e. The van der Waals surface area contributed by atoms with Crippen molar-refractivity contribution < 1.29 is 4.79 Å². The number of carbonyl (C=O) groups is 1. The van der Waals surface area contributed by atoms with Crippen molar-refractivity contribution in [3.63, 3.8) is 0 Å². The third-order valence-corrected chi connectivity index (χ3v) is 1.71. The highest BCUT2D eigenvalue weighted by atomic mass is 16.1. The van der Waals surface area contributed by atoms with E-state index in [4.69, 9.17) is 5.73 Å². The lowest BCUT2D eigenvalue weighted by Gasteiger charge is -2.03. The van der Waals surface area contributed by atoms with E-state index < -0.39 is 0 Å². The maximum atomic E-state index is 11.1. The lowest BCUT2D eigenvalue weighted by Crippen LogP contribution is -2.25. The van der Waals surface area contributed by atoms with Gasteiger partial charge in [-0.3, -0.25) is 4.79 Å². The van der Waals surface area contributed by atoms with Gasteiger partial charge in [-0.25, -0.2) is 0 Å². The SMILES string of the molecule is C/C=C(\C)C(=O)NCCCCN. The lowest BCUT2D eigenvalue weighted by molar-refractivity contribution is -0.117. The third-order valence-electron chi connectivity index (χ3n) is 1.71. The van der Waals surface area contributed by atoms with Gasteiger partial charge < -0.3 is 11.1 Å². The molecule has 1 amide bonds. The number of carbonyl (C=O) groups excluding carboxylic acids is 1. The zero-order valence-corrected chi connectivity index (χ0v) is 7.89. The minimum atomic E-state index is 0.0227. The van der Waals surface area contributed by atoms with Crippen molar-refractivity contribution in [2.45, 2.75) is 26.7 Å². The zero-order valence-electron chi connectivity index (χ0n) is 7.89. The first-order chi connectivity index (χ1) is 5.72. The van der Waals surface area contributed by atoms with Crippen molar-refractivity contribution in [1.29, 1.82) is 0 Å². The van der Waals surface area contributed by atoms with Crippen LogP contribution in [0.2, 0.25) is 0 Å². The Kier molecular flexibility index (Phi) is 6.38. The van der Waals surface area contributed by atoms with Crippen molar-refractivity contribution in [2.24, 2.45) is 5.73 Å². The molecule has 0 aromatic heterocycles. The molecular weight excluding hydrogens is 152 g/mol. The largest absolute Gasteiger partial charge is 0.352 e. The molecule has 0 atom stereocenters. The van der Waals surface area contributed by atoms with Crippen molar-refractivity contribution in [3.05, 3.63) is 11.6 Å². The molecule has 0 spiro atoms. The van der Waals surface area contributed by atoms with Gasteiger partial charge in [0.1, 0.15) is 0 Å². The van der Waals surface area contributed by atoms with Crippen molar-refractivity contribution in [1.82, 2.24) is 5.32 Å². The molecule has 3 nitrogen and oxygen atoms in total. The summed E-state index contributed by atoms with van der Waals surface area (Å²) >= 11 is 0. The zero-order chi connectivity index (χ0) is 9.40. The number of allylic oxidation sites excluding steroid dienone is 1. The molecule has 0 aromatic rings. The Balaban J connectivity index is 3.45. The van der Waals surface area contributed by atoms with Crippen LogP contribution in [0.4, 0.5) is 0 Å². The van der Waals surface area contributed by atoms with Crippen molar-refractivity contribution in [3.8, 4) is 0 Å². The van der Waals surface area contributed by atoms with Gasteiger partial charge in [-0.15, -0.1) is 0 Å². The van der Waals surface area contributed by atoms with E-state index >= 15 is 0 Å². The number of rotatable bonds is 5. The second kappa shape index (κ2) is 6.85. The Hall–Kier alpha value is -0.830. The summed E-state index contributed by atoms with van der Waals surface area (Å²) in [6, 6.07) is 0. The van der Waals surface area contributed by atoms with E-state index in [0.717, 1.165) is 25.0 Å². The predicted molar refractivity (Wildman–Crippen MR) is 50.7 cm³/mol. The molecule has 12 heavy (non-hydrogen) atoms. The third kappa shape index (κ3) is 4.91. The van der Waals surface area contributed by atoms with Crippen LogP contribution in [0.3, 0.4) is 0 Å². The molecule has 3 heteroatoms. The van der Waals surface area contributed by atoms with Gasteiger partial charge >= 0.3 is 0 Å². The summed E-state index contributed by atoms with van der Waals surface area (Å²) in [6.45, 7) is 5.08. The number of hydrogen-bond donors (Lipinski definition) is 2. The van der Waals surface area contributed by atoms with E-state index in [1.807, 2.05) is 6.92 Å². The highest BCUT2D eigenvalue weighted by molar-refractivity contribution is 5.92. The molecule has 0 saturated carbocycles. The van der Waals surface area contributed by atoms with Crippen LogP contribution in [0.25, 0.3) is 0 Å². The lowest BCUT2D eigenvalue weighted by atomic mass is 10.2. The second-order valence-electron chi connectivity index (χ2n) is 2.72. The Morgan fingerprint density at radius 3 is 2.67 bits per heavy atom. The molecule has 0 radical (unpaired) electrons. The topological polar surface area (TPSA) is 55.1 Å². The molecule has 0 aromatic carbocycles. The first-order valence-electron chi connectivity index (χ1n) is 4.33. The summed E-state index contributed by atoms with van der Waals surface area (Å²) in [5, 5.41) is 2.81. The fraction of sp³-hybridized carbons (Fsp3) is 0.667. The molecule has 0 aliphatic carbocycles. The normalized spacial score (nSPS) is 11.4. The summed E-state index contributed by atoms with van der Waals surface area (Å²) < 4.78 is 0. The number of nitrogens with one attached hydrogen (secondary N) is 1. The molecule has 0 heterocycles. The van der Waals surface area contributed by atoms with Gasteiger partial charge in [0.15, 0.2) is 0 Å². The van der Waals surface area contributed by atoms with Gasteiger partial charge in [0.25, 0.3) is 0 Å². The summed E-state index contributed by atoms with van der Waals surface area (Å²) in [4.78, 5) is 11.1. The van der Waals surface area contributed by atoms with Gasteiger partial charge in [0, 0.05) is 12.1 Å². The quantitative estimate of drug-likeness (QED) is 0.474. The summed E-state index contributed by atoms with van der Waals surface area (Å²) in [7, 11) is 0. The van der Waals surface area contributed by atoms with E-state index in [9.17, 15) is 4.79 Å². The van der Waals surface area contributed by atoms with Gasteiger partial charge in [0.2, 0.25) is 5.91 Å². The van der Waals surface area contributed by atoms with Gasteiger partial charge in [-0.2, -0.15) is 0 Å². The smallest absolute Gasteiger partial charge is 0.246 e. The minimum absolute atomic E-state index is 0.0227. The fourth-order valence-electron chi connectivity index (χ4n) is 0.742. The molecule has 0 unspecified atom stereocenters. The van der Waals surface area contributed by atoms with E-state index in [1.165, 1.54) is 0 Å². The summed E-state index contributed by atoms with van der Waals surface area (Å²) in [5.74, 6) is 0.0227. The van der Waals surface area contributed by atoms with Crippen LogP contribution in [-0.4, -0.2) is 19.0 Å². The van der Waals surface area contributed by atoms with Crippen LogP contribution in [0.1, 0.15) is 26.7 Å². The summed E-state index contributed by atoms with van der Waals surface area (Å²) in [6.07, 6.45) is 3.73. The van der Waals surface area contributed by atoms with E-state index in [-0.39, 0.29) is 5.91 Å². The maximum absolute atomic E-state index is 11.1. The molecule has 0 aliphatic rings. The molecule has 70 valence electrons. The molecule has 3 N–H and O–H groups in total. The van der Waals surface area contributed by atoms with Crippen LogP contribution in [0.5, 0.6) is 0 Å². The Morgan fingerprint density at radius 2 is 2.17 bits per heavy atom. The predicted octanol–water partition coefficient (Wildman–Crippen LogP) is 0.808. The monoisotopic (exact) mass is 170 g/mol.